The number of halogens is 18. The Morgan fingerprint density at radius 3 is 1.16 bits per heavy atom. The van der Waals surface area contributed by atoms with Crippen molar-refractivity contribution in [1.29, 1.82) is 0 Å². The zero-order chi connectivity index (χ0) is 56.8. The normalized spacial score (nSPS) is 16.3. The molecule has 0 amide bonds. The smallest absolute Gasteiger partial charge is 0.504 e. The minimum absolute atomic E-state index is 0. The van der Waals surface area contributed by atoms with E-state index in [9.17, 15) is 101 Å². The summed E-state index contributed by atoms with van der Waals surface area (Å²) in [5.74, 6) is -10.1. The highest BCUT2D eigenvalue weighted by atomic mass is 32.3. The molecule has 2 aliphatic rings. The molecule has 0 aliphatic heterocycles. The van der Waals surface area contributed by atoms with E-state index in [1.165, 1.54) is 31.2 Å². The van der Waals surface area contributed by atoms with Crippen LogP contribution in [0.1, 0.15) is 110 Å². The Bertz CT molecular complexity index is 2780. The van der Waals surface area contributed by atoms with Gasteiger partial charge in [-0.05, 0) is 97.8 Å². The molecular weight excluding hydrogens is 1120 g/mol. The Balaban J connectivity index is 0.000000413. The number of rotatable bonds is 12. The standard InChI is InChI=1S/C23H22F6O.C22H20F6O2.C2F6O5S2.2CH4/c1-3-4-14-5-7-15(8-6-14)17-9-10-18(22(26)21(17)25)16-11-12-19(20(24)13(16)2)30-23(27,28)29;1-2-3-12-4-6-13(7-5-12)14-8-9-15(19(24)18(14)23)16-10-11-17(20(25)21(16)29)30-22(26,27)28;3-1(4,5)14(9,10)13-15(11,12)2(6,7)8;;/h7,9-12,14H,3-6,8H2,1-2H3;6,8-12,29H,2-5,7H2,1H3;;2*1H4. The molecule has 0 aromatic heterocycles. The number of phenolic OH excluding ortho intramolecular Hbond substituents is 1. The van der Waals surface area contributed by atoms with Crippen molar-refractivity contribution in [3.63, 3.8) is 0 Å². The number of alkyl halides is 12. The summed E-state index contributed by atoms with van der Waals surface area (Å²) in [6.45, 7) is 5.39. The fraction of sp³-hybridized carbons (Fsp3) is 0.429. The van der Waals surface area contributed by atoms with Gasteiger partial charge in [0.05, 0.1) is 0 Å². The summed E-state index contributed by atoms with van der Waals surface area (Å²) in [6.07, 6.45) is 2.52. The highest BCUT2D eigenvalue weighted by Gasteiger charge is 2.57. The highest BCUT2D eigenvalue weighted by Crippen LogP contribution is 2.43. The van der Waals surface area contributed by atoms with Crippen molar-refractivity contribution < 1.29 is 114 Å². The fourth-order valence-electron chi connectivity index (χ4n) is 7.94. The van der Waals surface area contributed by atoms with Crippen molar-refractivity contribution in [1.82, 2.24) is 0 Å². The largest absolute Gasteiger partial charge is 0.573 e. The van der Waals surface area contributed by atoms with Crippen LogP contribution in [0.5, 0.6) is 17.2 Å². The summed E-state index contributed by atoms with van der Waals surface area (Å²) < 4.78 is 279. The van der Waals surface area contributed by atoms with Gasteiger partial charge >= 0.3 is 44.0 Å². The molecule has 2 aliphatic carbocycles. The van der Waals surface area contributed by atoms with Crippen LogP contribution in [-0.4, -0.2) is 45.7 Å². The molecule has 2 atom stereocenters. The molecular formula is C49H50F18O8S2. The molecule has 4 aromatic rings. The average molecular weight is 1170 g/mol. The second-order valence-electron chi connectivity index (χ2n) is 16.7. The first-order valence-electron chi connectivity index (χ1n) is 22.0. The summed E-state index contributed by atoms with van der Waals surface area (Å²) in [4.78, 5) is 0. The maximum atomic E-state index is 14.8. The van der Waals surface area contributed by atoms with Gasteiger partial charge in [-0.2, -0.15) is 47.6 Å². The molecule has 0 bridgehead atoms. The molecule has 8 nitrogen and oxygen atoms in total. The lowest BCUT2D eigenvalue weighted by molar-refractivity contribution is -0.276. The van der Waals surface area contributed by atoms with Crippen LogP contribution in [0.2, 0.25) is 0 Å². The van der Waals surface area contributed by atoms with E-state index < -0.39 is 107 Å². The molecule has 0 saturated carbocycles. The van der Waals surface area contributed by atoms with Gasteiger partial charge in [-0.25, -0.2) is 22.0 Å². The van der Waals surface area contributed by atoms with Gasteiger partial charge < -0.3 is 14.6 Å². The molecule has 0 saturated heterocycles. The topological polar surface area (TPSA) is 116 Å². The van der Waals surface area contributed by atoms with Crippen LogP contribution >= 0.6 is 0 Å². The van der Waals surface area contributed by atoms with E-state index in [4.69, 9.17) is 0 Å². The van der Waals surface area contributed by atoms with E-state index >= 15 is 0 Å². The summed E-state index contributed by atoms with van der Waals surface area (Å²) in [5.41, 5.74) is -12.3. The fourth-order valence-corrected chi connectivity index (χ4v) is 9.50. The van der Waals surface area contributed by atoms with Crippen LogP contribution in [0.4, 0.5) is 79.0 Å². The lowest BCUT2D eigenvalue weighted by Crippen LogP contribution is -2.34. The molecule has 432 valence electrons. The van der Waals surface area contributed by atoms with E-state index in [1.54, 1.807) is 0 Å². The van der Waals surface area contributed by atoms with E-state index in [0.717, 1.165) is 75.1 Å². The number of ether oxygens (including phenoxy) is 2. The van der Waals surface area contributed by atoms with Crippen molar-refractivity contribution >= 4 is 31.4 Å². The van der Waals surface area contributed by atoms with Crippen LogP contribution in [0.3, 0.4) is 0 Å². The van der Waals surface area contributed by atoms with Gasteiger partial charge in [0.15, 0.2) is 46.3 Å². The van der Waals surface area contributed by atoms with Gasteiger partial charge in [-0.3, -0.25) is 0 Å². The van der Waals surface area contributed by atoms with Crippen molar-refractivity contribution in [3.8, 4) is 39.5 Å². The molecule has 0 spiro atoms. The van der Waals surface area contributed by atoms with Crippen LogP contribution < -0.4 is 9.47 Å². The lowest BCUT2D eigenvalue weighted by Gasteiger charge is -2.22. The SMILES string of the molecule is C.C.CCCC1CC=C(c2ccc(-c3ccc(OC(F)(F)F)c(F)c3C)c(F)c2F)CC1.CCCC1CC=C(c2ccc(-c3ccc(OC(F)(F)F)c(F)c3O)c(F)c2F)CC1.O=S(=O)(OS(=O)(=O)C(F)(F)F)C(F)(F)F. The zero-order valence-electron chi connectivity index (χ0n) is 38.9. The predicted molar refractivity (Wildman–Crippen MR) is 248 cm³/mol. The summed E-state index contributed by atoms with van der Waals surface area (Å²) in [7, 11) is -13.7. The minimum Gasteiger partial charge on any atom is -0.504 e. The first-order valence-corrected chi connectivity index (χ1v) is 24.8. The number of aromatic hydroxyl groups is 1. The first-order chi connectivity index (χ1) is 34.4. The number of hydrogen-bond donors (Lipinski definition) is 1. The molecule has 0 fully saturated rings. The Morgan fingerprint density at radius 2 is 0.818 bits per heavy atom. The molecule has 0 radical (unpaired) electrons. The van der Waals surface area contributed by atoms with E-state index in [2.05, 4.69) is 23.3 Å². The molecule has 6 rings (SSSR count). The van der Waals surface area contributed by atoms with Gasteiger partial charge in [0.1, 0.15) is 0 Å². The van der Waals surface area contributed by atoms with E-state index in [1.807, 2.05) is 15.8 Å². The summed E-state index contributed by atoms with van der Waals surface area (Å²) in [5, 5.41) is 9.92. The molecule has 1 N–H and O–H groups in total. The number of allylic oxidation sites excluding steroid dienone is 4. The highest BCUT2D eigenvalue weighted by molar-refractivity contribution is 8.00. The monoisotopic (exact) mass is 1170 g/mol. The van der Waals surface area contributed by atoms with Crippen molar-refractivity contribution in [2.24, 2.45) is 11.8 Å². The second-order valence-corrected chi connectivity index (χ2v) is 20.0. The van der Waals surface area contributed by atoms with Crippen LogP contribution in [0.15, 0.2) is 60.7 Å². The van der Waals surface area contributed by atoms with E-state index in [-0.39, 0.29) is 42.7 Å². The third-order valence-corrected chi connectivity index (χ3v) is 14.1. The molecule has 2 unspecified atom stereocenters. The molecule has 28 heteroatoms. The van der Waals surface area contributed by atoms with Crippen molar-refractivity contribution in [2.75, 3.05) is 0 Å². The average Bonchev–Trinajstić information content (AvgIpc) is 3.29. The maximum absolute atomic E-state index is 14.8. The van der Waals surface area contributed by atoms with Crippen LogP contribution in [0, 0.1) is 53.7 Å². The van der Waals surface area contributed by atoms with Crippen molar-refractivity contribution in [2.45, 2.75) is 124 Å². The van der Waals surface area contributed by atoms with Crippen LogP contribution in [-0.2, 0) is 23.9 Å². The van der Waals surface area contributed by atoms with Crippen molar-refractivity contribution in [3.05, 3.63) is 112 Å². The lowest BCUT2D eigenvalue weighted by atomic mass is 9.84. The van der Waals surface area contributed by atoms with Crippen LogP contribution in [0.25, 0.3) is 33.4 Å². The number of phenols is 1. The second kappa shape index (κ2) is 26.3. The maximum Gasteiger partial charge on any atom is 0.573 e. The predicted octanol–water partition coefficient (Wildman–Crippen LogP) is 17.3. The first kappa shape index (κ1) is 67.5. The third kappa shape index (κ3) is 17.2. The van der Waals surface area contributed by atoms with Gasteiger partial charge in [-0.1, -0.05) is 96.9 Å². The Morgan fingerprint density at radius 1 is 0.494 bits per heavy atom. The summed E-state index contributed by atoms with van der Waals surface area (Å²) in [6, 6.07) is 8.56. The van der Waals surface area contributed by atoms with Gasteiger partial charge in [0, 0.05) is 27.8 Å². The number of hydrogen-bond acceptors (Lipinski definition) is 8. The minimum atomic E-state index is -6.85. The molecule has 0 heterocycles. The summed E-state index contributed by atoms with van der Waals surface area (Å²) >= 11 is 0. The Hall–Kier alpha value is -5.64. The van der Waals surface area contributed by atoms with Gasteiger partial charge in [0.25, 0.3) is 0 Å². The van der Waals surface area contributed by atoms with Gasteiger partial charge in [0.2, 0.25) is 5.82 Å². The Kier molecular flexibility index (Phi) is 23.1. The Labute approximate surface area is 431 Å². The number of benzene rings is 4. The quantitative estimate of drug-likeness (QED) is 0.110. The van der Waals surface area contributed by atoms with E-state index in [0.29, 0.717) is 36.3 Å². The zero-order valence-corrected chi connectivity index (χ0v) is 40.6. The molecule has 4 aromatic carbocycles. The van der Waals surface area contributed by atoms with Gasteiger partial charge in [-0.15, -0.1) is 30.0 Å². The third-order valence-electron chi connectivity index (χ3n) is 11.5. The molecule has 77 heavy (non-hydrogen) atoms.